The minimum atomic E-state index is -1.82. The molecule has 2 aliphatic rings. The Kier molecular flexibility index (Phi) is 10.4. The lowest BCUT2D eigenvalue weighted by Gasteiger charge is -2.38. The van der Waals surface area contributed by atoms with Gasteiger partial charge in [-0.1, -0.05) is 25.1 Å². The van der Waals surface area contributed by atoms with Crippen LogP contribution in [-0.2, 0) is 20.9 Å². The Morgan fingerprint density at radius 3 is 2.03 bits per heavy atom. The van der Waals surface area contributed by atoms with Crippen molar-refractivity contribution in [2.75, 3.05) is 52.4 Å². The highest BCUT2D eigenvalue weighted by Crippen LogP contribution is 2.25. The van der Waals surface area contributed by atoms with Crippen LogP contribution in [0.1, 0.15) is 32.3 Å². The summed E-state index contributed by atoms with van der Waals surface area (Å²) in [4.78, 5) is 38.0. The third-order valence-electron chi connectivity index (χ3n) is 5.92. The van der Waals surface area contributed by atoms with Crippen molar-refractivity contribution in [3.8, 4) is 5.75 Å². The van der Waals surface area contributed by atoms with E-state index in [2.05, 4.69) is 33.8 Å². The average Bonchev–Trinajstić information content (AvgIpc) is 2.81. The number of amides is 1. The van der Waals surface area contributed by atoms with Gasteiger partial charge in [0.1, 0.15) is 5.75 Å². The summed E-state index contributed by atoms with van der Waals surface area (Å²) in [5, 5.41) is 14.8. The predicted octanol–water partition coefficient (Wildman–Crippen LogP) is 1.62. The molecule has 2 heterocycles. The second-order valence-corrected chi connectivity index (χ2v) is 7.96. The van der Waals surface area contributed by atoms with Crippen molar-refractivity contribution in [1.82, 2.24) is 14.7 Å². The van der Waals surface area contributed by atoms with Gasteiger partial charge < -0.3 is 24.7 Å². The fourth-order valence-electron chi connectivity index (χ4n) is 4.05. The molecule has 0 radical (unpaired) electrons. The van der Waals surface area contributed by atoms with Gasteiger partial charge in [0.2, 0.25) is 5.91 Å². The van der Waals surface area contributed by atoms with Gasteiger partial charge in [-0.05, 0) is 45.5 Å². The molecule has 0 atom stereocenters. The maximum absolute atomic E-state index is 12.8. The van der Waals surface area contributed by atoms with Crippen LogP contribution < -0.4 is 4.74 Å². The molecule has 0 unspecified atom stereocenters. The largest absolute Gasteiger partial charge is 0.494 e. The normalized spacial score (nSPS) is 17.9. The van der Waals surface area contributed by atoms with E-state index >= 15 is 0 Å². The molecule has 9 heteroatoms. The topological polar surface area (TPSA) is 111 Å². The van der Waals surface area contributed by atoms with Crippen molar-refractivity contribution in [2.24, 2.45) is 5.92 Å². The molecule has 0 saturated carbocycles. The zero-order valence-corrected chi connectivity index (χ0v) is 19.0. The Hall–Kier alpha value is -2.65. The first kappa shape index (κ1) is 25.6. The van der Waals surface area contributed by atoms with Crippen molar-refractivity contribution in [2.45, 2.75) is 33.2 Å². The standard InChI is InChI=1S/C21H33N3O2.C2H2O4/c1-3-22-13-15-24(16-14-22)21(25)18-9-11-23(12-10-18)17-19-7-5-6-8-20(19)26-4-2;3-1(4)2(5)6/h5-8,18H,3-4,9-17H2,1-2H3;(H,3,4)(H,5,6). The van der Waals surface area contributed by atoms with Crippen LogP contribution in [0.5, 0.6) is 5.75 Å². The van der Waals surface area contributed by atoms with E-state index in [9.17, 15) is 4.79 Å². The molecule has 0 aliphatic carbocycles. The zero-order valence-electron chi connectivity index (χ0n) is 19.0. The minimum absolute atomic E-state index is 0.210. The highest BCUT2D eigenvalue weighted by Gasteiger charge is 2.30. The number of hydrogen-bond acceptors (Lipinski definition) is 6. The number of piperazine rings is 1. The molecule has 3 rings (SSSR count). The molecule has 2 N–H and O–H groups in total. The maximum atomic E-state index is 12.8. The van der Waals surface area contributed by atoms with Gasteiger partial charge >= 0.3 is 11.9 Å². The average molecular weight is 450 g/mol. The lowest BCUT2D eigenvalue weighted by atomic mass is 9.94. The number of carbonyl (C=O) groups excluding carboxylic acids is 1. The van der Waals surface area contributed by atoms with Crippen LogP contribution in [0, 0.1) is 5.92 Å². The molecule has 1 aromatic rings. The summed E-state index contributed by atoms with van der Waals surface area (Å²) in [5.41, 5.74) is 1.25. The van der Waals surface area contributed by atoms with Crippen LogP contribution in [0.2, 0.25) is 0 Å². The molecule has 0 bridgehead atoms. The number of likely N-dealkylation sites (tertiary alicyclic amines) is 1. The first-order valence-electron chi connectivity index (χ1n) is 11.3. The Labute approximate surface area is 189 Å². The number of para-hydroxylation sites is 1. The Morgan fingerprint density at radius 1 is 0.906 bits per heavy atom. The smallest absolute Gasteiger partial charge is 0.414 e. The number of ether oxygens (including phenoxy) is 1. The third kappa shape index (κ3) is 7.80. The van der Waals surface area contributed by atoms with Crippen LogP contribution in [0.3, 0.4) is 0 Å². The number of rotatable bonds is 6. The Morgan fingerprint density at radius 2 is 1.50 bits per heavy atom. The third-order valence-corrected chi connectivity index (χ3v) is 5.92. The number of nitrogens with zero attached hydrogens (tertiary/aromatic N) is 3. The van der Waals surface area contributed by atoms with E-state index in [4.69, 9.17) is 24.5 Å². The first-order valence-corrected chi connectivity index (χ1v) is 11.3. The van der Waals surface area contributed by atoms with Gasteiger partial charge in [0.05, 0.1) is 6.61 Å². The van der Waals surface area contributed by atoms with E-state index in [1.165, 1.54) is 5.56 Å². The quantitative estimate of drug-likeness (QED) is 0.631. The lowest BCUT2D eigenvalue weighted by molar-refractivity contribution is -0.159. The summed E-state index contributed by atoms with van der Waals surface area (Å²) < 4.78 is 5.74. The van der Waals surface area contributed by atoms with Crippen LogP contribution in [-0.4, -0.2) is 95.2 Å². The number of likely N-dealkylation sites (N-methyl/N-ethyl adjacent to an activating group) is 1. The fourth-order valence-corrected chi connectivity index (χ4v) is 4.05. The molecule has 1 aromatic carbocycles. The Bertz CT molecular complexity index is 744. The first-order chi connectivity index (χ1) is 15.3. The summed E-state index contributed by atoms with van der Waals surface area (Å²) in [6, 6.07) is 8.29. The van der Waals surface area contributed by atoms with Crippen molar-refractivity contribution < 1.29 is 29.3 Å². The van der Waals surface area contributed by atoms with E-state index in [1.54, 1.807) is 0 Å². The van der Waals surface area contributed by atoms with Crippen LogP contribution in [0.4, 0.5) is 0 Å². The maximum Gasteiger partial charge on any atom is 0.414 e. The van der Waals surface area contributed by atoms with Gasteiger partial charge in [0.25, 0.3) is 0 Å². The van der Waals surface area contributed by atoms with Gasteiger partial charge in [-0.2, -0.15) is 0 Å². The predicted molar refractivity (Wildman–Crippen MR) is 120 cm³/mol. The van der Waals surface area contributed by atoms with Gasteiger partial charge in [0.15, 0.2) is 0 Å². The number of benzene rings is 1. The zero-order chi connectivity index (χ0) is 23.5. The van der Waals surface area contributed by atoms with Crippen molar-refractivity contribution in [3.05, 3.63) is 29.8 Å². The molecule has 9 nitrogen and oxygen atoms in total. The number of aliphatic carboxylic acids is 2. The van der Waals surface area contributed by atoms with E-state index in [-0.39, 0.29) is 5.92 Å². The van der Waals surface area contributed by atoms with E-state index in [0.717, 1.165) is 70.9 Å². The van der Waals surface area contributed by atoms with E-state index in [0.29, 0.717) is 12.5 Å². The number of carboxylic acid groups (broad SMARTS) is 2. The molecule has 32 heavy (non-hydrogen) atoms. The SMILES string of the molecule is CCOc1ccccc1CN1CCC(C(=O)N2CCN(CC)CC2)CC1.O=C(O)C(=O)O. The molecule has 1 amide bonds. The van der Waals surface area contributed by atoms with Gasteiger partial charge in [-0.3, -0.25) is 9.69 Å². The second-order valence-electron chi connectivity index (χ2n) is 7.96. The monoisotopic (exact) mass is 449 g/mol. The highest BCUT2D eigenvalue weighted by molar-refractivity contribution is 6.27. The number of piperidine rings is 1. The molecule has 0 aromatic heterocycles. The molecular weight excluding hydrogens is 414 g/mol. The molecule has 2 aliphatic heterocycles. The van der Waals surface area contributed by atoms with Gasteiger partial charge in [-0.25, -0.2) is 9.59 Å². The van der Waals surface area contributed by atoms with Crippen LogP contribution >= 0.6 is 0 Å². The summed E-state index contributed by atoms with van der Waals surface area (Å²) in [6.45, 7) is 12.7. The van der Waals surface area contributed by atoms with Crippen LogP contribution in [0.15, 0.2) is 24.3 Å². The van der Waals surface area contributed by atoms with Gasteiger partial charge in [0, 0.05) is 44.2 Å². The van der Waals surface area contributed by atoms with Crippen molar-refractivity contribution in [3.63, 3.8) is 0 Å². The van der Waals surface area contributed by atoms with Crippen molar-refractivity contribution in [1.29, 1.82) is 0 Å². The summed E-state index contributed by atoms with van der Waals surface area (Å²) in [5.74, 6) is -2.07. The lowest BCUT2D eigenvalue weighted by Crippen LogP contribution is -2.51. The summed E-state index contributed by atoms with van der Waals surface area (Å²) in [7, 11) is 0. The molecule has 2 fully saturated rings. The number of carboxylic acids is 2. The number of carbonyl (C=O) groups is 3. The van der Waals surface area contributed by atoms with Crippen LogP contribution in [0.25, 0.3) is 0 Å². The van der Waals surface area contributed by atoms with Gasteiger partial charge in [-0.15, -0.1) is 0 Å². The number of hydrogen-bond donors (Lipinski definition) is 2. The molecular formula is C23H35N3O6. The Balaban J connectivity index is 0.000000534. The molecule has 178 valence electrons. The molecule has 0 spiro atoms. The van der Waals surface area contributed by atoms with E-state index < -0.39 is 11.9 Å². The highest BCUT2D eigenvalue weighted by atomic mass is 16.5. The molecule has 2 saturated heterocycles. The summed E-state index contributed by atoms with van der Waals surface area (Å²) in [6.07, 6.45) is 1.95. The van der Waals surface area contributed by atoms with E-state index in [1.807, 2.05) is 19.1 Å². The summed E-state index contributed by atoms with van der Waals surface area (Å²) >= 11 is 0. The fraction of sp³-hybridized carbons (Fsp3) is 0.609. The second kappa shape index (κ2) is 13.0. The van der Waals surface area contributed by atoms with Crippen molar-refractivity contribution >= 4 is 17.8 Å². The minimum Gasteiger partial charge on any atom is -0.494 e.